The molecule has 0 saturated carbocycles. The van der Waals surface area contributed by atoms with Crippen molar-refractivity contribution in [3.8, 4) is 5.75 Å². The van der Waals surface area contributed by atoms with E-state index in [1.54, 1.807) is 12.3 Å². The van der Waals surface area contributed by atoms with Gasteiger partial charge in [-0.3, -0.25) is 4.79 Å². The Morgan fingerprint density at radius 2 is 2.27 bits per heavy atom. The first-order valence-electron chi connectivity index (χ1n) is 7.35. The lowest BCUT2D eigenvalue weighted by molar-refractivity contribution is -0.900. The molecule has 1 aromatic rings. The van der Waals surface area contributed by atoms with Crippen LogP contribution in [0.5, 0.6) is 5.75 Å². The van der Waals surface area contributed by atoms with Crippen LogP contribution in [0.25, 0.3) is 0 Å². The SMILES string of the molecule is C=CCOc1cccc(/C=N\NC(=O)C[NH+]2CCOCC2)c1. The first kappa shape index (κ1) is 16.2. The van der Waals surface area contributed by atoms with Crippen LogP contribution in [0.4, 0.5) is 0 Å². The van der Waals surface area contributed by atoms with Crippen LogP contribution in [0.2, 0.25) is 0 Å². The molecule has 2 rings (SSSR count). The van der Waals surface area contributed by atoms with Crippen LogP contribution in [-0.4, -0.2) is 51.6 Å². The van der Waals surface area contributed by atoms with Crippen molar-refractivity contribution in [2.24, 2.45) is 5.10 Å². The van der Waals surface area contributed by atoms with Crippen LogP contribution in [0.3, 0.4) is 0 Å². The molecule has 1 aliphatic heterocycles. The molecule has 1 amide bonds. The molecule has 0 radical (unpaired) electrons. The largest absolute Gasteiger partial charge is 0.490 e. The predicted molar refractivity (Wildman–Crippen MR) is 84.3 cm³/mol. The van der Waals surface area contributed by atoms with E-state index in [1.807, 2.05) is 24.3 Å². The maximum atomic E-state index is 11.8. The highest BCUT2D eigenvalue weighted by atomic mass is 16.5. The quantitative estimate of drug-likeness (QED) is 0.410. The molecule has 1 aliphatic rings. The number of benzene rings is 1. The number of carbonyl (C=O) groups is 1. The van der Waals surface area contributed by atoms with Gasteiger partial charge in [-0.05, 0) is 17.7 Å². The Morgan fingerprint density at radius 1 is 1.45 bits per heavy atom. The fourth-order valence-electron chi connectivity index (χ4n) is 2.12. The number of hydrazone groups is 1. The van der Waals surface area contributed by atoms with Crippen molar-refractivity contribution < 1.29 is 19.2 Å². The van der Waals surface area contributed by atoms with E-state index in [0.717, 1.165) is 24.4 Å². The van der Waals surface area contributed by atoms with Crippen molar-refractivity contribution in [2.45, 2.75) is 0 Å². The van der Waals surface area contributed by atoms with E-state index in [4.69, 9.17) is 9.47 Å². The van der Waals surface area contributed by atoms with Crippen LogP contribution in [0.1, 0.15) is 5.56 Å². The summed E-state index contributed by atoms with van der Waals surface area (Å²) in [7, 11) is 0. The normalized spacial score (nSPS) is 15.6. The molecule has 6 nitrogen and oxygen atoms in total. The van der Waals surface area contributed by atoms with Gasteiger partial charge in [0.1, 0.15) is 25.4 Å². The zero-order valence-electron chi connectivity index (χ0n) is 12.6. The molecule has 1 heterocycles. The Balaban J connectivity index is 1.78. The number of ether oxygens (including phenoxy) is 2. The number of nitrogens with one attached hydrogen (secondary N) is 2. The van der Waals surface area contributed by atoms with E-state index >= 15 is 0 Å². The average Bonchev–Trinajstić information content (AvgIpc) is 2.54. The number of rotatable bonds is 7. The molecule has 22 heavy (non-hydrogen) atoms. The summed E-state index contributed by atoms with van der Waals surface area (Å²) < 4.78 is 10.7. The van der Waals surface area contributed by atoms with Gasteiger partial charge in [-0.2, -0.15) is 5.10 Å². The van der Waals surface area contributed by atoms with Crippen molar-refractivity contribution in [3.63, 3.8) is 0 Å². The Hall–Kier alpha value is -2.18. The first-order valence-corrected chi connectivity index (χ1v) is 7.35. The van der Waals surface area contributed by atoms with E-state index < -0.39 is 0 Å². The lowest BCUT2D eigenvalue weighted by Crippen LogP contribution is -3.15. The highest BCUT2D eigenvalue weighted by Crippen LogP contribution is 2.11. The first-order chi connectivity index (χ1) is 10.8. The van der Waals surface area contributed by atoms with Gasteiger partial charge >= 0.3 is 0 Å². The van der Waals surface area contributed by atoms with Crippen LogP contribution >= 0.6 is 0 Å². The number of morpholine rings is 1. The number of carbonyl (C=O) groups excluding carboxylic acids is 1. The zero-order chi connectivity index (χ0) is 15.6. The van der Waals surface area contributed by atoms with Crippen LogP contribution in [0, 0.1) is 0 Å². The third-order valence-electron chi connectivity index (χ3n) is 3.24. The van der Waals surface area contributed by atoms with Gasteiger partial charge in [0.15, 0.2) is 6.54 Å². The number of quaternary nitrogens is 1. The van der Waals surface area contributed by atoms with Gasteiger partial charge in [-0.1, -0.05) is 24.8 Å². The van der Waals surface area contributed by atoms with Gasteiger partial charge in [0, 0.05) is 0 Å². The number of amides is 1. The van der Waals surface area contributed by atoms with Gasteiger partial charge in [-0.15, -0.1) is 0 Å². The lowest BCUT2D eigenvalue weighted by Gasteiger charge is -2.22. The van der Waals surface area contributed by atoms with E-state index in [1.165, 1.54) is 4.90 Å². The predicted octanol–water partition coefficient (Wildman–Crippen LogP) is -0.383. The topological polar surface area (TPSA) is 64.4 Å². The fourth-order valence-corrected chi connectivity index (χ4v) is 2.12. The summed E-state index contributed by atoms with van der Waals surface area (Å²) in [6.45, 7) is 7.63. The number of hydrogen-bond acceptors (Lipinski definition) is 4. The second-order valence-electron chi connectivity index (χ2n) is 5.00. The smallest absolute Gasteiger partial charge is 0.295 e. The molecule has 0 spiro atoms. The molecule has 2 N–H and O–H groups in total. The molecule has 118 valence electrons. The van der Waals surface area contributed by atoms with Crippen LogP contribution in [0.15, 0.2) is 42.0 Å². The molecule has 0 unspecified atom stereocenters. The Bertz CT molecular complexity index is 525. The Kier molecular flexibility index (Phi) is 6.60. The van der Waals surface area contributed by atoms with Crippen molar-refractivity contribution >= 4 is 12.1 Å². The van der Waals surface area contributed by atoms with Crippen molar-refractivity contribution in [3.05, 3.63) is 42.5 Å². The summed E-state index contributed by atoms with van der Waals surface area (Å²) in [6, 6.07) is 7.48. The molecular formula is C16H22N3O3+. The molecule has 0 bridgehead atoms. The molecule has 0 atom stereocenters. The Labute approximate surface area is 130 Å². The molecule has 0 aliphatic carbocycles. The van der Waals surface area contributed by atoms with E-state index in [9.17, 15) is 4.79 Å². The highest BCUT2D eigenvalue weighted by Gasteiger charge is 2.16. The van der Waals surface area contributed by atoms with Crippen molar-refractivity contribution in [1.29, 1.82) is 0 Å². The van der Waals surface area contributed by atoms with Gasteiger partial charge in [0.2, 0.25) is 0 Å². The van der Waals surface area contributed by atoms with E-state index in [-0.39, 0.29) is 5.91 Å². The number of hydrogen-bond donors (Lipinski definition) is 2. The average molecular weight is 304 g/mol. The Morgan fingerprint density at radius 3 is 3.05 bits per heavy atom. The molecule has 0 aromatic heterocycles. The summed E-state index contributed by atoms with van der Waals surface area (Å²) in [5, 5.41) is 3.98. The summed E-state index contributed by atoms with van der Waals surface area (Å²) in [5.74, 6) is 0.653. The van der Waals surface area contributed by atoms with Crippen molar-refractivity contribution in [1.82, 2.24) is 5.43 Å². The van der Waals surface area contributed by atoms with Gasteiger partial charge in [0.25, 0.3) is 5.91 Å². The summed E-state index contributed by atoms with van der Waals surface area (Å²) in [4.78, 5) is 13.0. The second kappa shape index (κ2) is 8.96. The fraction of sp³-hybridized carbons (Fsp3) is 0.375. The van der Waals surface area contributed by atoms with Gasteiger partial charge < -0.3 is 14.4 Å². The van der Waals surface area contributed by atoms with Gasteiger partial charge in [-0.25, -0.2) is 5.43 Å². The standard InChI is InChI=1S/C16H21N3O3/c1-2-8-22-15-5-3-4-14(11-15)12-17-18-16(20)13-19-6-9-21-10-7-19/h2-5,11-12H,1,6-10,13H2,(H,18,20)/p+1/b17-12-. The zero-order valence-corrected chi connectivity index (χ0v) is 12.6. The molecule has 1 fully saturated rings. The maximum absolute atomic E-state index is 11.8. The summed E-state index contributed by atoms with van der Waals surface area (Å²) in [6.07, 6.45) is 3.29. The molecule has 6 heteroatoms. The van der Waals surface area contributed by atoms with E-state index in [2.05, 4.69) is 17.1 Å². The molecule has 1 saturated heterocycles. The molecular weight excluding hydrogens is 282 g/mol. The summed E-state index contributed by atoms with van der Waals surface area (Å²) >= 11 is 0. The third-order valence-corrected chi connectivity index (χ3v) is 3.24. The molecule has 1 aromatic carbocycles. The highest BCUT2D eigenvalue weighted by molar-refractivity contribution is 5.83. The minimum atomic E-state index is -0.0905. The van der Waals surface area contributed by atoms with Crippen molar-refractivity contribution in [2.75, 3.05) is 39.5 Å². The third kappa shape index (κ3) is 5.67. The maximum Gasteiger partial charge on any atom is 0.295 e. The van der Waals surface area contributed by atoms with Crippen LogP contribution in [-0.2, 0) is 9.53 Å². The van der Waals surface area contributed by atoms with E-state index in [0.29, 0.717) is 26.4 Å². The minimum absolute atomic E-state index is 0.0905. The van der Waals surface area contributed by atoms with Gasteiger partial charge in [0.05, 0.1) is 19.4 Å². The second-order valence-corrected chi connectivity index (χ2v) is 5.00. The number of nitrogens with zero attached hydrogens (tertiary/aromatic N) is 1. The van der Waals surface area contributed by atoms with Crippen LogP contribution < -0.4 is 15.1 Å². The summed E-state index contributed by atoms with van der Waals surface area (Å²) in [5.41, 5.74) is 3.41. The minimum Gasteiger partial charge on any atom is -0.490 e. The monoisotopic (exact) mass is 304 g/mol. The lowest BCUT2D eigenvalue weighted by atomic mass is 10.2.